The van der Waals surface area contributed by atoms with Crippen LogP contribution in [-0.2, 0) is 16.1 Å². The van der Waals surface area contributed by atoms with Crippen LogP contribution in [0.5, 0.6) is 0 Å². The number of aromatic nitrogens is 1. The Bertz CT molecular complexity index is 691. The van der Waals surface area contributed by atoms with Gasteiger partial charge in [0.2, 0.25) is 0 Å². The second-order valence-electron chi connectivity index (χ2n) is 4.62. The van der Waals surface area contributed by atoms with Gasteiger partial charge in [0, 0.05) is 6.54 Å². The van der Waals surface area contributed by atoms with Crippen molar-refractivity contribution in [3.8, 4) is 0 Å². The molecule has 0 saturated carbocycles. The fourth-order valence-corrected chi connectivity index (χ4v) is 2.77. The summed E-state index contributed by atoms with van der Waals surface area (Å²) in [6.07, 6.45) is -0.579. The van der Waals surface area contributed by atoms with E-state index in [1.165, 1.54) is 0 Å². The molecule has 2 aromatic rings. The molecule has 5 nitrogen and oxygen atoms in total. The highest BCUT2D eigenvalue weighted by Gasteiger charge is 2.25. The summed E-state index contributed by atoms with van der Waals surface area (Å²) < 4.78 is 9.22. The van der Waals surface area contributed by atoms with Gasteiger partial charge in [-0.05, 0) is 23.5 Å². The van der Waals surface area contributed by atoms with Crippen LogP contribution in [0, 0.1) is 0 Å². The maximum atomic E-state index is 12.1. The Balaban J connectivity index is 1.95. The molecule has 0 radical (unpaired) electrons. The third-order valence-electron chi connectivity index (χ3n) is 3.01. The molecular weight excluding hydrogens is 359 g/mol. The first-order valence-corrected chi connectivity index (χ1v) is 8.39. The molecule has 0 fully saturated rings. The van der Waals surface area contributed by atoms with E-state index in [-0.39, 0.29) is 21.0 Å². The van der Waals surface area contributed by atoms with Crippen LogP contribution in [0.4, 0.5) is 0 Å². The number of hydrogen-bond acceptors (Lipinski definition) is 5. The Morgan fingerprint density at radius 1 is 1.30 bits per heavy atom. The molecule has 1 heterocycles. The predicted octanol–water partition coefficient (Wildman–Crippen LogP) is 3.70. The molecule has 1 unspecified atom stereocenters. The van der Waals surface area contributed by atoms with Gasteiger partial charge in [-0.2, -0.15) is 4.37 Å². The van der Waals surface area contributed by atoms with Crippen molar-refractivity contribution in [1.82, 2.24) is 9.69 Å². The summed E-state index contributed by atoms with van der Waals surface area (Å²) in [5.41, 5.74) is 0.882. The lowest BCUT2D eigenvalue weighted by Crippen LogP contribution is -2.37. The number of esters is 1. The second kappa shape index (κ2) is 8.29. The number of carbonyl (C=O) groups excluding carboxylic acids is 2. The summed E-state index contributed by atoms with van der Waals surface area (Å²) in [7, 11) is 0. The van der Waals surface area contributed by atoms with Gasteiger partial charge in [-0.3, -0.25) is 4.79 Å². The van der Waals surface area contributed by atoms with Gasteiger partial charge in [-0.1, -0.05) is 60.5 Å². The SMILES string of the molecule is CCC(OC(=O)c1nsc(Cl)c1Cl)C(=O)NCc1ccccc1. The Morgan fingerprint density at radius 3 is 2.57 bits per heavy atom. The smallest absolute Gasteiger partial charge is 0.360 e. The molecule has 0 spiro atoms. The van der Waals surface area contributed by atoms with Crippen molar-refractivity contribution in [3.05, 3.63) is 50.9 Å². The average Bonchev–Trinajstić information content (AvgIpc) is 2.90. The van der Waals surface area contributed by atoms with Gasteiger partial charge in [0.25, 0.3) is 5.91 Å². The van der Waals surface area contributed by atoms with Crippen molar-refractivity contribution in [3.63, 3.8) is 0 Å². The summed E-state index contributed by atoms with van der Waals surface area (Å²) in [5, 5.41) is 2.78. The van der Waals surface area contributed by atoms with E-state index in [4.69, 9.17) is 27.9 Å². The summed E-state index contributed by atoms with van der Waals surface area (Å²) >= 11 is 12.5. The minimum atomic E-state index is -0.914. The van der Waals surface area contributed by atoms with Gasteiger partial charge in [-0.15, -0.1) is 0 Å². The molecule has 23 heavy (non-hydrogen) atoms. The second-order valence-corrected chi connectivity index (χ2v) is 6.38. The molecule has 0 aliphatic rings. The first-order valence-electron chi connectivity index (χ1n) is 6.86. The zero-order valence-electron chi connectivity index (χ0n) is 12.2. The molecule has 8 heteroatoms. The summed E-state index contributed by atoms with van der Waals surface area (Å²) in [6, 6.07) is 9.44. The van der Waals surface area contributed by atoms with E-state index in [0.717, 1.165) is 17.1 Å². The van der Waals surface area contributed by atoms with Crippen LogP contribution >= 0.6 is 34.7 Å². The van der Waals surface area contributed by atoms with E-state index in [0.29, 0.717) is 13.0 Å². The van der Waals surface area contributed by atoms with Crippen molar-refractivity contribution in [1.29, 1.82) is 0 Å². The average molecular weight is 373 g/mol. The molecule has 0 aliphatic carbocycles. The number of carbonyl (C=O) groups is 2. The highest BCUT2D eigenvalue weighted by molar-refractivity contribution is 7.11. The number of ether oxygens (including phenoxy) is 1. The number of nitrogens with zero attached hydrogens (tertiary/aromatic N) is 1. The zero-order chi connectivity index (χ0) is 16.8. The fraction of sp³-hybridized carbons (Fsp3) is 0.267. The molecule has 1 atom stereocenters. The van der Waals surface area contributed by atoms with E-state index >= 15 is 0 Å². The molecule has 122 valence electrons. The Labute approximate surface area is 147 Å². The minimum absolute atomic E-state index is 0.0428. The van der Waals surface area contributed by atoms with Crippen molar-refractivity contribution in [2.24, 2.45) is 0 Å². The lowest BCUT2D eigenvalue weighted by Gasteiger charge is -2.15. The first kappa shape index (κ1) is 17.7. The first-order chi connectivity index (χ1) is 11.0. The molecule has 2 rings (SSSR count). The molecule has 1 aromatic carbocycles. The van der Waals surface area contributed by atoms with Gasteiger partial charge in [0.15, 0.2) is 11.8 Å². The summed E-state index contributed by atoms with van der Waals surface area (Å²) in [5.74, 6) is -1.14. The van der Waals surface area contributed by atoms with Crippen molar-refractivity contribution < 1.29 is 14.3 Å². The van der Waals surface area contributed by atoms with Gasteiger partial charge in [-0.25, -0.2) is 4.79 Å². The van der Waals surface area contributed by atoms with Gasteiger partial charge < -0.3 is 10.1 Å². The maximum Gasteiger partial charge on any atom is 0.360 e. The van der Waals surface area contributed by atoms with Crippen molar-refractivity contribution in [2.75, 3.05) is 0 Å². The molecule has 1 N–H and O–H groups in total. The van der Waals surface area contributed by atoms with Crippen molar-refractivity contribution in [2.45, 2.75) is 26.0 Å². The molecule has 1 aromatic heterocycles. The van der Waals surface area contributed by atoms with E-state index in [1.54, 1.807) is 6.92 Å². The molecule has 0 bridgehead atoms. The van der Waals surface area contributed by atoms with Crippen LogP contribution < -0.4 is 5.32 Å². The van der Waals surface area contributed by atoms with E-state index in [2.05, 4.69) is 9.69 Å². The van der Waals surface area contributed by atoms with Crippen LogP contribution in [0.1, 0.15) is 29.4 Å². The Hall–Kier alpha value is -1.63. The number of amides is 1. The largest absolute Gasteiger partial charge is 0.447 e. The minimum Gasteiger partial charge on any atom is -0.447 e. The molecule has 0 aliphatic heterocycles. The zero-order valence-corrected chi connectivity index (χ0v) is 14.5. The number of halogens is 2. The quantitative estimate of drug-likeness (QED) is 0.784. The number of nitrogens with one attached hydrogen (secondary N) is 1. The highest BCUT2D eigenvalue weighted by Crippen LogP contribution is 2.30. The normalized spacial score (nSPS) is 11.8. The number of benzene rings is 1. The molecule has 1 amide bonds. The van der Waals surface area contributed by atoms with Gasteiger partial charge in [0.05, 0.1) is 0 Å². The van der Waals surface area contributed by atoms with Gasteiger partial charge >= 0.3 is 5.97 Å². The maximum absolute atomic E-state index is 12.1. The number of hydrogen-bond donors (Lipinski definition) is 1. The van der Waals surface area contributed by atoms with E-state index in [1.807, 2.05) is 30.3 Å². The van der Waals surface area contributed by atoms with Crippen molar-refractivity contribution >= 4 is 46.6 Å². The van der Waals surface area contributed by atoms with Crippen LogP contribution in [0.15, 0.2) is 30.3 Å². The lowest BCUT2D eigenvalue weighted by molar-refractivity contribution is -0.130. The highest BCUT2D eigenvalue weighted by atomic mass is 35.5. The van der Waals surface area contributed by atoms with Crippen LogP contribution in [0.3, 0.4) is 0 Å². The summed E-state index contributed by atoms with van der Waals surface area (Å²) in [4.78, 5) is 24.2. The Kier molecular flexibility index (Phi) is 6.38. The Morgan fingerprint density at radius 2 is 2.00 bits per heavy atom. The lowest BCUT2D eigenvalue weighted by atomic mass is 10.2. The number of rotatable bonds is 6. The standard InChI is InChI=1S/C15H14Cl2N2O3S/c1-2-10(14(20)18-8-9-6-4-3-5-7-9)22-15(21)12-11(16)13(17)23-19-12/h3-7,10H,2,8H2,1H3,(H,18,20). The van der Waals surface area contributed by atoms with Crippen LogP contribution in [0.2, 0.25) is 9.36 Å². The third kappa shape index (κ3) is 4.67. The topological polar surface area (TPSA) is 68.3 Å². The fourth-order valence-electron chi connectivity index (χ4n) is 1.79. The predicted molar refractivity (Wildman–Crippen MR) is 89.9 cm³/mol. The van der Waals surface area contributed by atoms with Crippen LogP contribution in [-0.4, -0.2) is 22.4 Å². The summed E-state index contributed by atoms with van der Waals surface area (Å²) in [6.45, 7) is 2.10. The van der Waals surface area contributed by atoms with E-state index in [9.17, 15) is 9.59 Å². The monoisotopic (exact) mass is 372 g/mol. The molecular formula is C15H14Cl2N2O3S. The van der Waals surface area contributed by atoms with Gasteiger partial charge in [0.1, 0.15) is 9.36 Å². The third-order valence-corrected chi connectivity index (χ3v) is 4.62. The van der Waals surface area contributed by atoms with E-state index < -0.39 is 12.1 Å². The molecule has 0 saturated heterocycles. The van der Waals surface area contributed by atoms with Crippen LogP contribution in [0.25, 0.3) is 0 Å².